The van der Waals surface area contributed by atoms with Crippen LogP contribution in [-0.2, 0) is 4.79 Å². The van der Waals surface area contributed by atoms with Gasteiger partial charge in [-0.25, -0.2) is 4.79 Å². The molecule has 5 heteroatoms. The number of nitrogens with zero attached hydrogens (tertiary/aromatic N) is 1. The molecule has 0 aromatic carbocycles. The molecule has 3 atom stereocenters. The number of hydrogen-bond donors (Lipinski definition) is 2. The Labute approximate surface area is 94.8 Å². The molecule has 0 spiro atoms. The summed E-state index contributed by atoms with van der Waals surface area (Å²) in [5.41, 5.74) is 0. The molecule has 5 nitrogen and oxygen atoms in total. The third kappa shape index (κ3) is 2.13. The van der Waals surface area contributed by atoms with Gasteiger partial charge < -0.3 is 15.3 Å². The van der Waals surface area contributed by atoms with E-state index in [1.807, 2.05) is 0 Å². The maximum Gasteiger partial charge on any atom is 0.317 e. The standard InChI is InChI=1S/C11H18N2O3/c1-6-3-9(6)12-11(16)13-4-8(5-13)7(2)10(14)15/h6-9H,3-5H2,1-2H3,(H,12,16)(H,14,15). The summed E-state index contributed by atoms with van der Waals surface area (Å²) in [7, 11) is 0. The number of carbonyl (C=O) groups is 2. The summed E-state index contributed by atoms with van der Waals surface area (Å²) in [4.78, 5) is 24.0. The molecule has 2 amide bonds. The molecular weight excluding hydrogens is 208 g/mol. The maximum atomic E-state index is 11.6. The van der Waals surface area contributed by atoms with Crippen LogP contribution in [0.5, 0.6) is 0 Å². The zero-order valence-electron chi connectivity index (χ0n) is 9.64. The maximum absolute atomic E-state index is 11.6. The molecule has 0 radical (unpaired) electrons. The van der Waals surface area contributed by atoms with Gasteiger partial charge in [0.15, 0.2) is 0 Å². The predicted octanol–water partition coefficient (Wildman–Crippen LogP) is 0.757. The molecule has 0 aromatic heterocycles. The molecule has 2 N–H and O–H groups in total. The quantitative estimate of drug-likeness (QED) is 0.746. The number of nitrogens with one attached hydrogen (secondary N) is 1. The van der Waals surface area contributed by atoms with E-state index in [2.05, 4.69) is 12.2 Å². The van der Waals surface area contributed by atoms with Crippen molar-refractivity contribution in [1.82, 2.24) is 10.2 Å². The molecule has 1 saturated heterocycles. The number of hydrogen-bond acceptors (Lipinski definition) is 2. The normalized spacial score (nSPS) is 30.5. The monoisotopic (exact) mass is 226 g/mol. The third-order valence-corrected chi connectivity index (χ3v) is 3.71. The second-order valence-corrected chi connectivity index (χ2v) is 5.06. The average molecular weight is 226 g/mol. The second kappa shape index (κ2) is 3.96. The van der Waals surface area contributed by atoms with E-state index in [4.69, 9.17) is 5.11 Å². The van der Waals surface area contributed by atoms with Crippen LogP contribution in [0.4, 0.5) is 4.79 Å². The number of carbonyl (C=O) groups excluding carboxylic acids is 1. The highest BCUT2D eigenvalue weighted by Gasteiger charge is 2.40. The molecule has 2 rings (SSSR count). The SMILES string of the molecule is CC1CC1NC(=O)N1CC(C(C)C(=O)O)C1. The van der Waals surface area contributed by atoms with E-state index < -0.39 is 5.97 Å². The number of carboxylic acids is 1. The Morgan fingerprint density at radius 3 is 2.44 bits per heavy atom. The highest BCUT2D eigenvalue weighted by molar-refractivity contribution is 5.76. The van der Waals surface area contributed by atoms with E-state index in [0.29, 0.717) is 25.0 Å². The van der Waals surface area contributed by atoms with Crippen molar-refractivity contribution in [3.63, 3.8) is 0 Å². The lowest BCUT2D eigenvalue weighted by atomic mass is 9.87. The molecule has 90 valence electrons. The van der Waals surface area contributed by atoms with Gasteiger partial charge in [0, 0.05) is 25.0 Å². The number of carboxylic acid groups (broad SMARTS) is 1. The van der Waals surface area contributed by atoms with E-state index in [1.54, 1.807) is 11.8 Å². The highest BCUT2D eigenvalue weighted by atomic mass is 16.4. The predicted molar refractivity (Wildman–Crippen MR) is 58.0 cm³/mol. The van der Waals surface area contributed by atoms with Gasteiger partial charge in [-0.05, 0) is 12.3 Å². The molecule has 0 aromatic rings. The number of likely N-dealkylation sites (tertiary alicyclic amines) is 1. The zero-order valence-corrected chi connectivity index (χ0v) is 9.64. The van der Waals surface area contributed by atoms with Crippen LogP contribution in [0.25, 0.3) is 0 Å². The topological polar surface area (TPSA) is 69.6 Å². The summed E-state index contributed by atoms with van der Waals surface area (Å²) < 4.78 is 0. The second-order valence-electron chi connectivity index (χ2n) is 5.06. The minimum Gasteiger partial charge on any atom is -0.481 e. The molecule has 3 unspecified atom stereocenters. The summed E-state index contributed by atoms with van der Waals surface area (Å²) >= 11 is 0. The van der Waals surface area contributed by atoms with Crippen molar-refractivity contribution in [2.24, 2.45) is 17.8 Å². The van der Waals surface area contributed by atoms with Gasteiger partial charge in [0.2, 0.25) is 0 Å². The summed E-state index contributed by atoms with van der Waals surface area (Å²) in [6, 6.07) is 0.298. The number of amides is 2. The minimum atomic E-state index is -0.777. The minimum absolute atomic E-state index is 0.0387. The van der Waals surface area contributed by atoms with Crippen LogP contribution in [0.2, 0.25) is 0 Å². The Kier molecular flexibility index (Phi) is 2.78. The van der Waals surface area contributed by atoms with Gasteiger partial charge in [-0.3, -0.25) is 4.79 Å². The van der Waals surface area contributed by atoms with Crippen LogP contribution in [0.3, 0.4) is 0 Å². The van der Waals surface area contributed by atoms with E-state index >= 15 is 0 Å². The summed E-state index contributed by atoms with van der Waals surface area (Å²) in [5, 5.41) is 11.7. The van der Waals surface area contributed by atoms with Crippen LogP contribution in [0.1, 0.15) is 20.3 Å². The van der Waals surface area contributed by atoms with Gasteiger partial charge in [-0.2, -0.15) is 0 Å². The largest absolute Gasteiger partial charge is 0.481 e. The first-order valence-electron chi connectivity index (χ1n) is 5.77. The van der Waals surface area contributed by atoms with Gasteiger partial charge >= 0.3 is 12.0 Å². The fourth-order valence-corrected chi connectivity index (χ4v) is 1.97. The molecule has 1 aliphatic carbocycles. The first-order chi connectivity index (χ1) is 7.49. The van der Waals surface area contributed by atoms with Crippen molar-refractivity contribution in [1.29, 1.82) is 0 Å². The molecule has 1 aliphatic heterocycles. The lowest BCUT2D eigenvalue weighted by Crippen LogP contribution is -2.56. The zero-order chi connectivity index (χ0) is 11.9. The lowest BCUT2D eigenvalue weighted by Gasteiger charge is -2.41. The van der Waals surface area contributed by atoms with Crippen molar-refractivity contribution in [2.45, 2.75) is 26.3 Å². The van der Waals surface area contributed by atoms with E-state index in [-0.39, 0.29) is 17.9 Å². The van der Waals surface area contributed by atoms with E-state index in [0.717, 1.165) is 6.42 Å². The number of urea groups is 1. The summed E-state index contributed by atoms with van der Waals surface area (Å²) in [6.07, 6.45) is 1.06. The van der Waals surface area contributed by atoms with Crippen LogP contribution in [0.15, 0.2) is 0 Å². The van der Waals surface area contributed by atoms with E-state index in [9.17, 15) is 9.59 Å². The van der Waals surface area contributed by atoms with Crippen molar-refractivity contribution >= 4 is 12.0 Å². The Balaban J connectivity index is 1.71. The van der Waals surface area contributed by atoms with Gasteiger partial charge in [-0.15, -0.1) is 0 Å². The highest BCUT2D eigenvalue weighted by Crippen LogP contribution is 2.30. The molecule has 0 bridgehead atoms. The van der Waals surface area contributed by atoms with E-state index in [1.165, 1.54) is 0 Å². The molecule has 1 heterocycles. The van der Waals surface area contributed by atoms with Crippen LogP contribution >= 0.6 is 0 Å². The lowest BCUT2D eigenvalue weighted by molar-refractivity contribution is -0.144. The van der Waals surface area contributed by atoms with Gasteiger partial charge in [0.25, 0.3) is 0 Å². The Bertz CT molecular complexity index is 312. The van der Waals surface area contributed by atoms with Crippen LogP contribution in [0, 0.1) is 17.8 Å². The number of rotatable bonds is 3. The molecular formula is C11H18N2O3. The Hall–Kier alpha value is -1.26. The van der Waals surface area contributed by atoms with Gasteiger partial charge in [0.1, 0.15) is 0 Å². The summed E-state index contributed by atoms with van der Waals surface area (Å²) in [5.74, 6) is -0.427. The third-order valence-electron chi connectivity index (χ3n) is 3.71. The Morgan fingerprint density at radius 2 is 2.00 bits per heavy atom. The molecule has 16 heavy (non-hydrogen) atoms. The first kappa shape index (κ1) is 11.2. The molecule has 2 aliphatic rings. The van der Waals surface area contributed by atoms with Gasteiger partial charge in [-0.1, -0.05) is 13.8 Å². The van der Waals surface area contributed by atoms with Crippen molar-refractivity contribution < 1.29 is 14.7 Å². The van der Waals surface area contributed by atoms with Crippen LogP contribution < -0.4 is 5.32 Å². The van der Waals surface area contributed by atoms with Crippen molar-refractivity contribution in [3.8, 4) is 0 Å². The smallest absolute Gasteiger partial charge is 0.317 e. The average Bonchev–Trinajstić information content (AvgIpc) is 2.78. The Morgan fingerprint density at radius 1 is 1.44 bits per heavy atom. The summed E-state index contributed by atoms with van der Waals surface area (Å²) in [6.45, 7) is 4.95. The van der Waals surface area contributed by atoms with Crippen molar-refractivity contribution in [3.05, 3.63) is 0 Å². The fraction of sp³-hybridized carbons (Fsp3) is 0.818. The fourth-order valence-electron chi connectivity index (χ4n) is 1.97. The van der Waals surface area contributed by atoms with Crippen LogP contribution in [-0.4, -0.2) is 41.1 Å². The van der Waals surface area contributed by atoms with Crippen molar-refractivity contribution in [2.75, 3.05) is 13.1 Å². The first-order valence-corrected chi connectivity index (χ1v) is 5.77. The van der Waals surface area contributed by atoms with Gasteiger partial charge in [0.05, 0.1) is 5.92 Å². The molecule has 2 fully saturated rings. The molecule has 1 saturated carbocycles. The number of aliphatic carboxylic acids is 1.